The first-order chi connectivity index (χ1) is 8.78. The number of nitrogens with zero attached hydrogens (tertiary/aromatic N) is 2. The normalized spacial score (nSPS) is 14.8. The molecule has 0 aliphatic heterocycles. The van der Waals surface area contributed by atoms with Crippen LogP contribution in [0.5, 0.6) is 0 Å². The third-order valence-corrected chi connectivity index (χ3v) is 3.45. The van der Waals surface area contributed by atoms with Gasteiger partial charge in [0.05, 0.1) is 12.7 Å². The number of carbonyl (C=O) groups excluding carboxylic acids is 1. The van der Waals surface area contributed by atoms with E-state index in [0.29, 0.717) is 18.9 Å². The number of oxazole rings is 1. The molecule has 2 aromatic rings. The molecule has 18 heavy (non-hydrogen) atoms. The Hall–Kier alpha value is -1.84. The summed E-state index contributed by atoms with van der Waals surface area (Å²) in [6.45, 7) is 2.66. The quantitative estimate of drug-likeness (QED) is 0.833. The molecule has 4 heteroatoms. The average molecular weight is 244 g/mol. The van der Waals surface area contributed by atoms with Gasteiger partial charge in [0.2, 0.25) is 5.89 Å². The number of rotatable bonds is 3. The van der Waals surface area contributed by atoms with Crippen LogP contribution in [0.2, 0.25) is 0 Å². The third-order valence-electron chi connectivity index (χ3n) is 3.45. The summed E-state index contributed by atoms with van der Waals surface area (Å²) < 4.78 is 7.69. The van der Waals surface area contributed by atoms with Gasteiger partial charge in [0, 0.05) is 30.3 Å². The van der Waals surface area contributed by atoms with Crippen molar-refractivity contribution in [1.29, 1.82) is 0 Å². The molecule has 1 aliphatic rings. The highest BCUT2D eigenvalue weighted by Crippen LogP contribution is 2.23. The van der Waals surface area contributed by atoms with Crippen molar-refractivity contribution < 1.29 is 9.21 Å². The number of hydrogen-bond donors (Lipinski definition) is 0. The van der Waals surface area contributed by atoms with E-state index >= 15 is 0 Å². The van der Waals surface area contributed by atoms with Crippen molar-refractivity contribution in [2.24, 2.45) is 0 Å². The highest BCUT2D eigenvalue weighted by Gasteiger charge is 2.20. The molecule has 94 valence electrons. The van der Waals surface area contributed by atoms with Gasteiger partial charge in [-0.05, 0) is 18.9 Å². The molecule has 0 N–H and O–H groups in total. The Morgan fingerprint density at radius 2 is 2.33 bits per heavy atom. The van der Waals surface area contributed by atoms with Crippen LogP contribution in [0.1, 0.15) is 47.5 Å². The van der Waals surface area contributed by atoms with Gasteiger partial charge < -0.3 is 8.98 Å². The molecule has 0 radical (unpaired) electrons. The van der Waals surface area contributed by atoms with Crippen molar-refractivity contribution in [3.8, 4) is 0 Å². The molecule has 2 aromatic heterocycles. The minimum atomic E-state index is 0.261. The van der Waals surface area contributed by atoms with E-state index in [-0.39, 0.29) is 5.78 Å². The molecule has 0 saturated heterocycles. The highest BCUT2D eigenvalue weighted by molar-refractivity contribution is 5.98. The fourth-order valence-electron chi connectivity index (χ4n) is 2.47. The largest absolute Gasteiger partial charge is 0.444 e. The summed E-state index contributed by atoms with van der Waals surface area (Å²) in [5.74, 6) is 1.88. The first-order valence-corrected chi connectivity index (χ1v) is 6.42. The van der Waals surface area contributed by atoms with Crippen LogP contribution < -0.4 is 0 Å². The molecule has 0 amide bonds. The summed E-state index contributed by atoms with van der Waals surface area (Å²) in [6, 6.07) is 1.92. The zero-order valence-electron chi connectivity index (χ0n) is 10.5. The van der Waals surface area contributed by atoms with Crippen LogP contribution in [-0.4, -0.2) is 15.3 Å². The standard InChI is InChI=1S/C14H16N2O2/c1-2-10-8-15-14(18-10)9-16-7-6-11-12(16)4-3-5-13(11)17/h6-8H,2-5,9H2,1H3. The van der Waals surface area contributed by atoms with Crippen LogP contribution in [0, 0.1) is 0 Å². The first kappa shape index (κ1) is 11.3. The number of carbonyl (C=O) groups is 1. The van der Waals surface area contributed by atoms with E-state index in [1.807, 2.05) is 19.2 Å². The number of aromatic nitrogens is 2. The maximum absolute atomic E-state index is 11.7. The van der Waals surface area contributed by atoms with Gasteiger partial charge in [-0.15, -0.1) is 0 Å². The van der Waals surface area contributed by atoms with E-state index in [1.165, 1.54) is 0 Å². The molecule has 0 saturated carbocycles. The molecule has 0 unspecified atom stereocenters. The van der Waals surface area contributed by atoms with Crippen molar-refractivity contribution >= 4 is 5.78 Å². The van der Waals surface area contributed by atoms with E-state index < -0.39 is 0 Å². The van der Waals surface area contributed by atoms with E-state index in [0.717, 1.165) is 36.3 Å². The summed E-state index contributed by atoms with van der Waals surface area (Å²) in [5.41, 5.74) is 2.01. The van der Waals surface area contributed by atoms with Crippen molar-refractivity contribution in [1.82, 2.24) is 9.55 Å². The van der Waals surface area contributed by atoms with Gasteiger partial charge in [0.1, 0.15) is 5.76 Å². The van der Waals surface area contributed by atoms with Gasteiger partial charge in [-0.2, -0.15) is 0 Å². The molecule has 2 heterocycles. The number of Topliss-reactive ketones (excluding diaryl/α,β-unsaturated/α-hetero) is 1. The monoisotopic (exact) mass is 244 g/mol. The number of ketones is 1. The Kier molecular flexibility index (Phi) is 2.78. The van der Waals surface area contributed by atoms with Crippen molar-refractivity contribution in [2.75, 3.05) is 0 Å². The summed E-state index contributed by atoms with van der Waals surface area (Å²) in [7, 11) is 0. The lowest BCUT2D eigenvalue weighted by atomic mass is 9.97. The summed E-state index contributed by atoms with van der Waals surface area (Å²) in [4.78, 5) is 16.0. The molecule has 4 nitrogen and oxygen atoms in total. The van der Waals surface area contributed by atoms with Gasteiger partial charge in [-0.3, -0.25) is 4.79 Å². The van der Waals surface area contributed by atoms with Crippen molar-refractivity contribution in [2.45, 2.75) is 39.2 Å². The van der Waals surface area contributed by atoms with Gasteiger partial charge in [-0.25, -0.2) is 4.98 Å². The molecule has 0 bridgehead atoms. The molecular formula is C14H16N2O2. The fourth-order valence-corrected chi connectivity index (χ4v) is 2.47. The molecule has 1 aliphatic carbocycles. The summed E-state index contributed by atoms with van der Waals surface area (Å²) >= 11 is 0. The van der Waals surface area contributed by atoms with Crippen LogP contribution in [0.3, 0.4) is 0 Å². The van der Waals surface area contributed by atoms with Crippen molar-refractivity contribution in [3.05, 3.63) is 41.4 Å². The maximum Gasteiger partial charge on any atom is 0.214 e. The molecule has 0 spiro atoms. The number of hydrogen-bond acceptors (Lipinski definition) is 3. The number of fused-ring (bicyclic) bond motifs is 1. The lowest BCUT2D eigenvalue weighted by Gasteiger charge is -2.13. The molecule has 3 rings (SSSR count). The predicted octanol–water partition coefficient (Wildman–Crippen LogP) is 2.61. The third kappa shape index (κ3) is 1.88. The Labute approximate surface area is 106 Å². The zero-order valence-corrected chi connectivity index (χ0v) is 10.5. The van der Waals surface area contributed by atoms with Crippen LogP contribution in [0.4, 0.5) is 0 Å². The number of aryl methyl sites for hydroxylation is 1. The van der Waals surface area contributed by atoms with E-state index in [1.54, 1.807) is 6.20 Å². The first-order valence-electron chi connectivity index (χ1n) is 6.42. The van der Waals surface area contributed by atoms with E-state index in [2.05, 4.69) is 9.55 Å². The smallest absolute Gasteiger partial charge is 0.214 e. The van der Waals surface area contributed by atoms with Crippen molar-refractivity contribution in [3.63, 3.8) is 0 Å². The predicted molar refractivity (Wildman–Crippen MR) is 66.7 cm³/mol. The summed E-state index contributed by atoms with van der Waals surface area (Å²) in [5, 5.41) is 0. The molecular weight excluding hydrogens is 228 g/mol. The molecule has 0 atom stereocenters. The van der Waals surface area contributed by atoms with Crippen LogP contribution in [0.15, 0.2) is 22.9 Å². The summed E-state index contributed by atoms with van der Waals surface area (Å²) in [6.07, 6.45) is 7.18. The van der Waals surface area contributed by atoms with Crippen LogP contribution >= 0.6 is 0 Å². The maximum atomic E-state index is 11.7. The van der Waals surface area contributed by atoms with Gasteiger partial charge in [-0.1, -0.05) is 6.92 Å². The lowest BCUT2D eigenvalue weighted by Crippen LogP contribution is -2.13. The van der Waals surface area contributed by atoms with Crippen LogP contribution in [-0.2, 0) is 19.4 Å². The Morgan fingerprint density at radius 3 is 3.11 bits per heavy atom. The topological polar surface area (TPSA) is 48.0 Å². The fraction of sp³-hybridized carbons (Fsp3) is 0.429. The lowest BCUT2D eigenvalue weighted by molar-refractivity contribution is 0.0971. The average Bonchev–Trinajstić information content (AvgIpc) is 2.98. The Bertz CT molecular complexity index is 580. The molecule has 0 fully saturated rings. The second-order valence-corrected chi connectivity index (χ2v) is 4.65. The van der Waals surface area contributed by atoms with E-state index in [4.69, 9.17) is 4.42 Å². The minimum Gasteiger partial charge on any atom is -0.444 e. The second kappa shape index (κ2) is 4.44. The SMILES string of the molecule is CCc1cnc(Cn2ccc3c2CCCC3=O)o1. The highest BCUT2D eigenvalue weighted by atomic mass is 16.4. The Balaban J connectivity index is 1.87. The second-order valence-electron chi connectivity index (χ2n) is 4.65. The van der Waals surface area contributed by atoms with Gasteiger partial charge in [0.25, 0.3) is 0 Å². The van der Waals surface area contributed by atoms with Gasteiger partial charge in [0.15, 0.2) is 5.78 Å². The zero-order chi connectivity index (χ0) is 12.5. The minimum absolute atomic E-state index is 0.261. The van der Waals surface area contributed by atoms with Gasteiger partial charge >= 0.3 is 0 Å². The van der Waals surface area contributed by atoms with E-state index in [9.17, 15) is 4.79 Å². The molecule has 0 aromatic carbocycles. The van der Waals surface area contributed by atoms with Crippen LogP contribution in [0.25, 0.3) is 0 Å². The Morgan fingerprint density at radius 1 is 1.44 bits per heavy atom.